The number of halogens is 3. The molecule has 5 rings (SSSR count). The lowest BCUT2D eigenvalue weighted by atomic mass is 10.0. The molecule has 9 heteroatoms. The highest BCUT2D eigenvalue weighted by atomic mass is 19.3. The van der Waals surface area contributed by atoms with Crippen LogP contribution in [0.1, 0.15) is 41.4 Å². The van der Waals surface area contributed by atoms with E-state index in [4.69, 9.17) is 4.98 Å². The van der Waals surface area contributed by atoms with Crippen LogP contribution in [-0.4, -0.2) is 49.1 Å². The molecule has 1 fully saturated rings. The molecule has 6 nitrogen and oxygen atoms in total. The summed E-state index contributed by atoms with van der Waals surface area (Å²) in [4.78, 5) is 14.3. The highest BCUT2D eigenvalue weighted by Gasteiger charge is 2.37. The van der Waals surface area contributed by atoms with Gasteiger partial charge in [-0.05, 0) is 54.8 Å². The number of imidazole rings is 1. The Morgan fingerprint density at radius 3 is 2.73 bits per heavy atom. The maximum Gasteiger partial charge on any atom is 0.261 e. The molecule has 3 aromatic heterocycles. The van der Waals surface area contributed by atoms with E-state index in [-0.39, 0.29) is 18.8 Å². The van der Waals surface area contributed by atoms with Gasteiger partial charge in [0, 0.05) is 54.0 Å². The van der Waals surface area contributed by atoms with Crippen LogP contribution in [0.5, 0.6) is 0 Å². The molecule has 210 valence electrons. The van der Waals surface area contributed by atoms with Crippen LogP contribution >= 0.6 is 0 Å². The first kappa shape index (κ1) is 28.0. The van der Waals surface area contributed by atoms with Crippen molar-refractivity contribution >= 4 is 23.8 Å². The van der Waals surface area contributed by atoms with Gasteiger partial charge in [-0.2, -0.15) is 5.10 Å². The number of H-pyrrole nitrogens is 2. The number of nitrogens with one attached hydrogen (secondary N) is 2. The highest BCUT2D eigenvalue weighted by molar-refractivity contribution is 5.89. The maximum absolute atomic E-state index is 14.0. The summed E-state index contributed by atoms with van der Waals surface area (Å²) in [5.74, 6) is -2.45. The molecule has 1 saturated heterocycles. The number of aryl methyl sites for hydroxylation is 1. The fourth-order valence-electron chi connectivity index (χ4n) is 5.06. The highest BCUT2D eigenvalue weighted by Crippen LogP contribution is 2.29. The van der Waals surface area contributed by atoms with E-state index in [9.17, 15) is 13.2 Å². The molecule has 1 aliphatic rings. The Morgan fingerprint density at radius 1 is 1.20 bits per heavy atom. The number of rotatable bonds is 8. The normalized spacial score (nSPS) is 16.5. The Labute approximate surface area is 236 Å². The first-order valence-electron chi connectivity index (χ1n) is 13.3. The number of nitrogens with zero attached hydrogens (tertiary/aromatic N) is 4. The van der Waals surface area contributed by atoms with Gasteiger partial charge in [0.2, 0.25) is 0 Å². The van der Waals surface area contributed by atoms with Crippen molar-refractivity contribution in [3.05, 3.63) is 112 Å². The van der Waals surface area contributed by atoms with Crippen LogP contribution in [0.4, 0.5) is 13.2 Å². The summed E-state index contributed by atoms with van der Waals surface area (Å²) in [5.41, 5.74) is 6.00. The number of likely N-dealkylation sites (tertiary alicyclic amines) is 1. The van der Waals surface area contributed by atoms with Crippen molar-refractivity contribution in [3.63, 3.8) is 0 Å². The third kappa shape index (κ3) is 6.15. The van der Waals surface area contributed by atoms with Crippen molar-refractivity contribution in [1.82, 2.24) is 30.0 Å². The van der Waals surface area contributed by atoms with Gasteiger partial charge in [-0.3, -0.25) is 15.0 Å². The van der Waals surface area contributed by atoms with Crippen molar-refractivity contribution in [1.29, 1.82) is 0 Å². The van der Waals surface area contributed by atoms with Gasteiger partial charge in [-0.25, -0.2) is 18.2 Å². The average Bonchev–Trinajstić information content (AvgIpc) is 3.61. The summed E-state index contributed by atoms with van der Waals surface area (Å²) in [6, 6.07) is 8.31. The number of aromatic nitrogens is 5. The lowest BCUT2D eigenvalue weighted by Gasteiger charge is -2.16. The lowest BCUT2D eigenvalue weighted by Crippen LogP contribution is -2.25. The van der Waals surface area contributed by atoms with Gasteiger partial charge in [0.05, 0.1) is 17.6 Å². The summed E-state index contributed by atoms with van der Waals surface area (Å²) >= 11 is 0. The fraction of sp³-hybridized carbons (Fsp3) is 0.219. The Hall–Kier alpha value is -4.50. The van der Waals surface area contributed by atoms with Gasteiger partial charge in [0.1, 0.15) is 11.5 Å². The van der Waals surface area contributed by atoms with Gasteiger partial charge in [-0.1, -0.05) is 43.5 Å². The van der Waals surface area contributed by atoms with Crippen molar-refractivity contribution in [2.24, 2.45) is 0 Å². The van der Waals surface area contributed by atoms with Gasteiger partial charge in [0.15, 0.2) is 5.82 Å². The molecule has 1 aliphatic heterocycles. The molecular formula is C32H31F3N6. The zero-order valence-electron chi connectivity index (χ0n) is 23.0. The van der Waals surface area contributed by atoms with Crippen LogP contribution in [-0.2, 0) is 6.54 Å². The maximum atomic E-state index is 14.0. The SMILES string of the molecule is C=C/C=C(/c1cccc(F)c1)c1nc(-c2n[nH]c(=C)/c2=C\C(=C/C)c2cncc(CN3CCC(F)(F)C3)c2)[nH]c1C. The molecule has 4 heterocycles. The molecular weight excluding hydrogens is 525 g/mol. The van der Waals surface area contributed by atoms with E-state index in [1.807, 2.05) is 38.1 Å². The molecule has 0 spiro atoms. The van der Waals surface area contributed by atoms with Crippen molar-refractivity contribution in [2.75, 3.05) is 13.1 Å². The number of allylic oxidation sites excluding steroid dienone is 4. The third-order valence-corrected chi connectivity index (χ3v) is 7.06. The number of hydrogen-bond acceptors (Lipinski definition) is 4. The largest absolute Gasteiger partial charge is 0.340 e. The van der Waals surface area contributed by atoms with Crippen LogP contribution in [0, 0.1) is 12.7 Å². The first-order valence-corrected chi connectivity index (χ1v) is 13.3. The van der Waals surface area contributed by atoms with Crippen molar-refractivity contribution in [3.8, 4) is 11.5 Å². The number of aromatic amines is 2. The molecule has 0 radical (unpaired) electrons. The van der Waals surface area contributed by atoms with E-state index in [2.05, 4.69) is 33.3 Å². The lowest BCUT2D eigenvalue weighted by molar-refractivity contribution is 0.0115. The van der Waals surface area contributed by atoms with E-state index in [0.717, 1.165) is 33.2 Å². The Kier molecular flexibility index (Phi) is 7.90. The Bertz CT molecular complexity index is 1760. The van der Waals surface area contributed by atoms with Gasteiger partial charge >= 0.3 is 0 Å². The smallest absolute Gasteiger partial charge is 0.261 e. The third-order valence-electron chi connectivity index (χ3n) is 7.06. The summed E-state index contributed by atoms with van der Waals surface area (Å²) in [6.07, 6.45) is 10.7. The minimum absolute atomic E-state index is 0.120. The molecule has 4 aromatic rings. The fourth-order valence-corrected chi connectivity index (χ4v) is 5.06. The van der Waals surface area contributed by atoms with E-state index in [0.29, 0.717) is 41.2 Å². The molecule has 1 aromatic carbocycles. The molecule has 0 bridgehead atoms. The number of hydrogen-bond donors (Lipinski definition) is 2. The molecule has 0 amide bonds. The molecule has 0 unspecified atom stereocenters. The van der Waals surface area contributed by atoms with Crippen LogP contribution in [0.3, 0.4) is 0 Å². The molecule has 2 N–H and O–H groups in total. The second-order valence-electron chi connectivity index (χ2n) is 10.1. The van der Waals surface area contributed by atoms with Crippen molar-refractivity contribution in [2.45, 2.75) is 32.7 Å². The van der Waals surface area contributed by atoms with Crippen LogP contribution < -0.4 is 10.6 Å². The monoisotopic (exact) mass is 556 g/mol. The first-order chi connectivity index (χ1) is 19.7. The second-order valence-corrected chi connectivity index (χ2v) is 10.1. The van der Waals surface area contributed by atoms with E-state index >= 15 is 0 Å². The summed E-state index contributed by atoms with van der Waals surface area (Å²) in [6.45, 7) is 12.3. The van der Waals surface area contributed by atoms with Crippen LogP contribution in [0.2, 0.25) is 0 Å². The summed E-state index contributed by atoms with van der Waals surface area (Å²) in [5, 5.41) is 8.77. The summed E-state index contributed by atoms with van der Waals surface area (Å²) < 4.78 is 41.4. The average molecular weight is 557 g/mol. The van der Waals surface area contributed by atoms with E-state index in [1.165, 1.54) is 12.1 Å². The van der Waals surface area contributed by atoms with Crippen molar-refractivity contribution < 1.29 is 13.2 Å². The molecule has 41 heavy (non-hydrogen) atoms. The van der Waals surface area contributed by atoms with Gasteiger partial charge in [-0.15, -0.1) is 0 Å². The quantitative estimate of drug-likeness (QED) is 0.285. The zero-order valence-corrected chi connectivity index (χ0v) is 23.0. The van der Waals surface area contributed by atoms with E-state index < -0.39 is 5.92 Å². The topological polar surface area (TPSA) is 73.5 Å². The van der Waals surface area contributed by atoms with E-state index in [1.54, 1.807) is 35.5 Å². The predicted octanol–water partition coefficient (Wildman–Crippen LogP) is 5.40. The standard InChI is InChI=1S/C32H31F3N6/c1-5-8-27(24-9-7-10-26(33)14-24)29-21(4)37-31(38-29)30-28(20(3)39-40-30)15-23(6-2)25-13-22(16-36-17-25)18-41-12-11-32(34,35)19-41/h5-10,13-17,39H,1,3,11-12,18-19H2,2,4H3,(H,37,38)/b23-6+,27-8-,28-15+. The Morgan fingerprint density at radius 2 is 2.02 bits per heavy atom. The second kappa shape index (κ2) is 11.5. The number of alkyl halides is 2. The molecule has 0 atom stereocenters. The van der Waals surface area contributed by atoms with Gasteiger partial charge < -0.3 is 4.98 Å². The molecule has 0 saturated carbocycles. The van der Waals surface area contributed by atoms with Crippen LogP contribution in [0.15, 0.2) is 67.5 Å². The van der Waals surface area contributed by atoms with Gasteiger partial charge in [0.25, 0.3) is 5.92 Å². The molecule has 0 aliphatic carbocycles. The number of pyridine rings is 1. The minimum Gasteiger partial charge on any atom is -0.340 e. The zero-order chi connectivity index (χ0) is 29.1. The predicted molar refractivity (Wildman–Crippen MR) is 157 cm³/mol. The Balaban J connectivity index is 1.49. The number of benzene rings is 1. The minimum atomic E-state index is -2.64. The van der Waals surface area contributed by atoms with Crippen LogP contribution in [0.25, 0.3) is 35.3 Å². The summed E-state index contributed by atoms with van der Waals surface area (Å²) in [7, 11) is 0.